The maximum absolute atomic E-state index is 6.31. The number of nitrogens with zero attached hydrogens (tertiary/aromatic N) is 1. The molecule has 0 N–H and O–H groups in total. The van der Waals surface area contributed by atoms with Gasteiger partial charge in [0, 0.05) is 25.7 Å². The van der Waals surface area contributed by atoms with Crippen LogP contribution in [0.2, 0.25) is 0 Å². The maximum atomic E-state index is 6.31. The van der Waals surface area contributed by atoms with E-state index < -0.39 is 7.92 Å². The van der Waals surface area contributed by atoms with Crippen molar-refractivity contribution in [1.82, 2.24) is 0 Å². The molecular formula is C33H37IrNOP-. The number of hydrogen-bond acceptors (Lipinski definition) is 2. The Morgan fingerprint density at radius 1 is 0.757 bits per heavy atom. The number of hydrogen-bond donors (Lipinski definition) is 0. The number of aliphatic imine (C=N–C) groups is 1. The van der Waals surface area contributed by atoms with Crippen LogP contribution in [0.1, 0.15) is 31.2 Å². The van der Waals surface area contributed by atoms with Crippen LogP contribution in [0.15, 0.2) is 119 Å². The molecule has 37 heavy (non-hydrogen) atoms. The van der Waals surface area contributed by atoms with Gasteiger partial charge in [0.05, 0.1) is 24.7 Å². The van der Waals surface area contributed by atoms with Gasteiger partial charge in [0.2, 0.25) is 5.90 Å². The average molecular weight is 687 g/mol. The van der Waals surface area contributed by atoms with E-state index in [-0.39, 0.29) is 46.4 Å². The third kappa shape index (κ3) is 5.75. The van der Waals surface area contributed by atoms with Crippen LogP contribution in [0.25, 0.3) is 0 Å². The zero-order valence-electron chi connectivity index (χ0n) is 21.8. The summed E-state index contributed by atoms with van der Waals surface area (Å²) in [6, 6.07) is 33.2. The first-order valence-corrected chi connectivity index (χ1v) is 14.0. The molecule has 3 aromatic carbocycles. The molecule has 4 heteroatoms. The van der Waals surface area contributed by atoms with Crippen molar-refractivity contribution < 1.29 is 24.8 Å². The van der Waals surface area contributed by atoms with Gasteiger partial charge in [-0.15, -0.1) is 0 Å². The first-order chi connectivity index (χ1) is 16.8. The second-order valence-electron chi connectivity index (χ2n) is 9.59. The standard InChI is InChI=1S/C31H30NOP.2CH3.Ir/c1-4-12-24(13-5-1)22-25-23-33-30(32-25)28-18-10-20-31(28)21-11-19-29(31)34(26-14-6-2-7-15-26)27-16-8-3-9-17-27;;;/h1-9,12-19,25H,10-11,20-23H2;2*1H3;/q;2*-1;/p+1/t25-,31-;;;/m0.../s1. The molecule has 0 saturated carbocycles. The summed E-state index contributed by atoms with van der Waals surface area (Å²) in [7, 11) is -1.08. The molecule has 1 heterocycles. The van der Waals surface area contributed by atoms with E-state index in [2.05, 4.69) is 103 Å². The summed E-state index contributed by atoms with van der Waals surface area (Å²) in [5.74, 6) is 0.911. The van der Waals surface area contributed by atoms with E-state index in [1.807, 2.05) is 0 Å². The zero-order valence-corrected chi connectivity index (χ0v) is 25.2. The second kappa shape index (κ2) is 13.0. The van der Waals surface area contributed by atoms with Gasteiger partial charge in [0.1, 0.15) is 17.2 Å². The molecule has 195 valence electrons. The molecule has 2 atom stereocenters. The average Bonchev–Trinajstić information content (AvgIpc) is 3.63. The predicted octanol–water partition coefficient (Wildman–Crippen LogP) is 7.17. The van der Waals surface area contributed by atoms with Crippen LogP contribution < -0.4 is 10.6 Å². The minimum Gasteiger partial charge on any atom is -0.475 e. The summed E-state index contributed by atoms with van der Waals surface area (Å²) in [6.07, 6.45) is 10.5. The van der Waals surface area contributed by atoms with Crippen molar-refractivity contribution in [2.24, 2.45) is 10.4 Å². The maximum Gasteiger partial charge on any atom is 0.213 e. The Kier molecular flexibility index (Phi) is 10.3. The molecule has 1 aliphatic heterocycles. The minimum atomic E-state index is -1.08. The van der Waals surface area contributed by atoms with Gasteiger partial charge in [-0.25, -0.2) is 4.99 Å². The molecule has 0 unspecified atom stereocenters. The van der Waals surface area contributed by atoms with Gasteiger partial charge in [-0.1, -0.05) is 72.8 Å². The van der Waals surface area contributed by atoms with Crippen molar-refractivity contribution in [2.45, 2.75) is 38.1 Å². The van der Waals surface area contributed by atoms with Gasteiger partial charge >= 0.3 is 0 Å². The topological polar surface area (TPSA) is 21.6 Å². The summed E-state index contributed by atoms with van der Waals surface area (Å²) < 4.78 is 6.31. The van der Waals surface area contributed by atoms with E-state index >= 15 is 0 Å². The molecule has 0 aromatic heterocycles. The van der Waals surface area contributed by atoms with Crippen molar-refractivity contribution in [3.8, 4) is 0 Å². The Hall–Kier alpha value is -2.31. The van der Waals surface area contributed by atoms with E-state index in [1.165, 1.54) is 34.6 Å². The Balaban J connectivity index is 0.00000127. The van der Waals surface area contributed by atoms with Crippen molar-refractivity contribution >= 4 is 24.4 Å². The molecule has 3 aromatic rings. The van der Waals surface area contributed by atoms with Gasteiger partial charge < -0.3 is 19.6 Å². The Morgan fingerprint density at radius 3 is 1.89 bits per heavy atom. The van der Waals surface area contributed by atoms with E-state index in [0.717, 1.165) is 25.2 Å². The number of ether oxygens (including phenoxy) is 1. The Morgan fingerprint density at radius 2 is 1.30 bits per heavy atom. The van der Waals surface area contributed by atoms with Crippen molar-refractivity contribution in [1.29, 1.82) is 0 Å². The van der Waals surface area contributed by atoms with Crippen molar-refractivity contribution in [2.75, 3.05) is 6.61 Å². The van der Waals surface area contributed by atoms with Gasteiger partial charge in [-0.2, -0.15) is 0 Å². The van der Waals surface area contributed by atoms with Crippen LogP contribution in [-0.4, -0.2) is 18.5 Å². The van der Waals surface area contributed by atoms with Crippen molar-refractivity contribution in [3.63, 3.8) is 0 Å². The molecule has 1 radical (unpaired) electrons. The van der Waals surface area contributed by atoms with E-state index in [9.17, 15) is 0 Å². The number of benzene rings is 3. The second-order valence-corrected chi connectivity index (χ2v) is 12.0. The monoisotopic (exact) mass is 687 g/mol. The molecule has 2 nitrogen and oxygen atoms in total. The first kappa shape index (κ1) is 29.2. The largest absolute Gasteiger partial charge is 0.475 e. The fourth-order valence-corrected chi connectivity index (χ4v) is 9.22. The van der Waals surface area contributed by atoms with Gasteiger partial charge in [-0.05, 0) is 68.0 Å². The molecule has 6 rings (SSSR count). The predicted molar refractivity (Wildman–Crippen MR) is 158 cm³/mol. The van der Waals surface area contributed by atoms with E-state index in [4.69, 9.17) is 9.73 Å². The van der Waals surface area contributed by atoms with Crippen LogP contribution in [-0.2, 0) is 31.3 Å². The van der Waals surface area contributed by atoms with Gasteiger partial charge in [0.15, 0.2) is 0 Å². The zero-order chi connectivity index (χ0) is 22.8. The summed E-state index contributed by atoms with van der Waals surface area (Å²) in [5.41, 5.74) is 2.76. The molecule has 0 fully saturated rings. The van der Waals surface area contributed by atoms with Crippen LogP contribution in [0.5, 0.6) is 0 Å². The quantitative estimate of drug-likeness (QED) is 0.199. The van der Waals surface area contributed by atoms with Crippen LogP contribution in [0.4, 0.5) is 0 Å². The van der Waals surface area contributed by atoms with Crippen LogP contribution in [0.3, 0.4) is 0 Å². The molecule has 0 amide bonds. The summed E-state index contributed by atoms with van der Waals surface area (Å²) in [5, 5.41) is 4.57. The van der Waals surface area contributed by atoms with E-state index in [1.54, 1.807) is 5.31 Å². The van der Waals surface area contributed by atoms with Crippen LogP contribution in [0, 0.1) is 20.3 Å². The normalized spacial score (nSPS) is 21.8. The third-order valence-corrected chi connectivity index (χ3v) is 10.6. The Bertz CT molecular complexity index is 1200. The first-order valence-electron chi connectivity index (χ1n) is 12.5. The molecule has 3 aliphatic rings. The fourth-order valence-electron chi connectivity index (χ4n) is 6.00. The van der Waals surface area contributed by atoms with Gasteiger partial charge in [0.25, 0.3) is 0 Å². The fraction of sp³-hybridized carbons (Fsp3) is 0.242. The summed E-state index contributed by atoms with van der Waals surface area (Å²) in [4.78, 5) is 5.13. The SMILES string of the molecule is C1=C(C2=N[C@@H](Cc3ccccc3)CO2)[C@]2(CC1)CCC=C2[PH+](c1ccccc1)c1ccccc1.[CH3-].[CH3-].[Ir]. The summed E-state index contributed by atoms with van der Waals surface area (Å²) in [6.45, 7) is 0.686. The molecular weight excluding hydrogens is 650 g/mol. The molecule has 2 aliphatic carbocycles. The molecule has 1 spiro atoms. The smallest absolute Gasteiger partial charge is 0.213 e. The molecule has 0 saturated heterocycles. The van der Waals surface area contributed by atoms with Gasteiger partial charge in [-0.3, -0.25) is 0 Å². The van der Waals surface area contributed by atoms with Crippen molar-refractivity contribution in [3.05, 3.63) is 134 Å². The minimum absolute atomic E-state index is 0. The third-order valence-electron chi connectivity index (χ3n) is 7.52. The van der Waals surface area contributed by atoms with E-state index in [0.29, 0.717) is 6.61 Å². The Labute approximate surface area is 238 Å². The summed E-state index contributed by atoms with van der Waals surface area (Å²) >= 11 is 0. The number of rotatable bonds is 6. The van der Waals surface area contributed by atoms with Crippen LogP contribution >= 0.6 is 7.92 Å². The molecule has 0 bridgehead atoms. The number of allylic oxidation sites excluding steroid dienone is 3.